The normalized spacial score (nSPS) is 15.5. The Morgan fingerprint density at radius 1 is 1.19 bits per heavy atom. The van der Waals surface area contributed by atoms with Crippen molar-refractivity contribution < 1.29 is 14.3 Å². The fourth-order valence-corrected chi connectivity index (χ4v) is 3.82. The van der Waals surface area contributed by atoms with E-state index in [0.29, 0.717) is 33.2 Å². The van der Waals surface area contributed by atoms with Crippen molar-refractivity contribution in [3.8, 4) is 11.5 Å². The molecule has 0 aliphatic carbocycles. The van der Waals surface area contributed by atoms with Gasteiger partial charge >= 0.3 is 0 Å². The maximum Gasteiger partial charge on any atom is 0.265 e. The molecule has 0 aromatic heterocycles. The van der Waals surface area contributed by atoms with E-state index in [2.05, 4.69) is 0 Å². The van der Waals surface area contributed by atoms with E-state index in [0.717, 1.165) is 16.9 Å². The highest BCUT2D eigenvalue weighted by molar-refractivity contribution is 8.26. The number of hydrogen-bond acceptors (Lipinski definition) is 5. The standard InChI is InChI=1S/C20H18ClNO3S2/c1-13-4-3-5-16(10-13)24-8-9-25-17-7-6-15(21)11-14(17)12-18-19(23)22(2)20(26)27-18/h3-7,10-12H,8-9H2,1-2H3/b18-12+. The van der Waals surface area contributed by atoms with Crippen LogP contribution >= 0.6 is 35.6 Å². The zero-order valence-corrected chi connectivity index (χ0v) is 17.3. The average molecular weight is 420 g/mol. The molecule has 1 amide bonds. The first-order valence-corrected chi connectivity index (χ1v) is 9.87. The lowest BCUT2D eigenvalue weighted by Gasteiger charge is -2.11. The van der Waals surface area contributed by atoms with Crippen LogP contribution in [0, 0.1) is 6.92 Å². The largest absolute Gasteiger partial charge is 0.490 e. The molecule has 1 saturated heterocycles. The van der Waals surface area contributed by atoms with Crippen molar-refractivity contribution in [2.24, 2.45) is 0 Å². The molecule has 0 saturated carbocycles. The summed E-state index contributed by atoms with van der Waals surface area (Å²) in [7, 11) is 1.66. The Kier molecular flexibility index (Phi) is 6.42. The number of benzene rings is 2. The van der Waals surface area contributed by atoms with Gasteiger partial charge in [-0.1, -0.05) is 47.7 Å². The highest BCUT2D eigenvalue weighted by Crippen LogP contribution is 2.34. The molecule has 2 aromatic carbocycles. The second kappa shape index (κ2) is 8.78. The zero-order chi connectivity index (χ0) is 19.4. The molecule has 1 aliphatic heterocycles. The number of thiocarbonyl (C=S) groups is 1. The summed E-state index contributed by atoms with van der Waals surface area (Å²) in [6, 6.07) is 13.2. The fourth-order valence-electron chi connectivity index (χ4n) is 2.47. The molecule has 0 atom stereocenters. The molecule has 0 bridgehead atoms. The Morgan fingerprint density at radius 3 is 2.67 bits per heavy atom. The van der Waals surface area contributed by atoms with E-state index in [-0.39, 0.29) is 5.91 Å². The topological polar surface area (TPSA) is 38.8 Å². The fraction of sp³-hybridized carbons (Fsp3) is 0.200. The Hall–Kier alpha value is -2.02. The minimum Gasteiger partial charge on any atom is -0.490 e. The number of aryl methyl sites for hydroxylation is 1. The van der Waals surface area contributed by atoms with Crippen LogP contribution in [0.3, 0.4) is 0 Å². The van der Waals surface area contributed by atoms with Gasteiger partial charge in [-0.15, -0.1) is 0 Å². The molecular formula is C20H18ClNO3S2. The van der Waals surface area contributed by atoms with Gasteiger partial charge in [-0.05, 0) is 48.9 Å². The van der Waals surface area contributed by atoms with E-state index in [1.165, 1.54) is 16.7 Å². The lowest BCUT2D eigenvalue weighted by atomic mass is 10.2. The maximum atomic E-state index is 12.2. The zero-order valence-electron chi connectivity index (χ0n) is 14.9. The smallest absolute Gasteiger partial charge is 0.265 e. The Morgan fingerprint density at radius 2 is 1.96 bits per heavy atom. The Labute approximate surface area is 173 Å². The number of hydrogen-bond donors (Lipinski definition) is 0. The third-order valence-corrected chi connectivity index (χ3v) is 5.56. The molecule has 2 aromatic rings. The van der Waals surface area contributed by atoms with Crippen molar-refractivity contribution in [2.75, 3.05) is 20.3 Å². The van der Waals surface area contributed by atoms with E-state index in [1.807, 2.05) is 31.2 Å². The van der Waals surface area contributed by atoms with Gasteiger partial charge in [0.1, 0.15) is 29.0 Å². The Bertz CT molecular complexity index is 914. The van der Waals surface area contributed by atoms with Crippen LogP contribution in [0.25, 0.3) is 6.08 Å². The lowest BCUT2D eigenvalue weighted by Crippen LogP contribution is -2.22. The molecule has 140 valence electrons. The molecule has 27 heavy (non-hydrogen) atoms. The van der Waals surface area contributed by atoms with Crippen LogP contribution < -0.4 is 9.47 Å². The summed E-state index contributed by atoms with van der Waals surface area (Å²) >= 11 is 12.5. The molecule has 0 N–H and O–H groups in total. The van der Waals surface area contributed by atoms with Crippen molar-refractivity contribution >= 4 is 51.9 Å². The van der Waals surface area contributed by atoms with Crippen LogP contribution in [0.2, 0.25) is 5.02 Å². The highest BCUT2D eigenvalue weighted by atomic mass is 35.5. The van der Waals surface area contributed by atoms with E-state index in [1.54, 1.807) is 31.3 Å². The van der Waals surface area contributed by atoms with Gasteiger partial charge < -0.3 is 9.47 Å². The second-order valence-corrected chi connectivity index (χ2v) is 8.05. The van der Waals surface area contributed by atoms with E-state index in [9.17, 15) is 4.79 Å². The highest BCUT2D eigenvalue weighted by Gasteiger charge is 2.28. The Balaban J connectivity index is 1.67. The third kappa shape index (κ3) is 5.03. The summed E-state index contributed by atoms with van der Waals surface area (Å²) in [5, 5.41) is 0.566. The average Bonchev–Trinajstić information content (AvgIpc) is 2.87. The number of amides is 1. The molecule has 7 heteroatoms. The number of halogens is 1. The van der Waals surface area contributed by atoms with Gasteiger partial charge in [0, 0.05) is 17.6 Å². The minimum absolute atomic E-state index is 0.126. The van der Waals surface area contributed by atoms with Crippen molar-refractivity contribution in [3.63, 3.8) is 0 Å². The van der Waals surface area contributed by atoms with Crippen molar-refractivity contribution in [1.82, 2.24) is 4.90 Å². The second-order valence-electron chi connectivity index (χ2n) is 5.94. The van der Waals surface area contributed by atoms with E-state index >= 15 is 0 Å². The van der Waals surface area contributed by atoms with Crippen molar-refractivity contribution in [3.05, 3.63) is 63.5 Å². The predicted molar refractivity (Wildman–Crippen MR) is 115 cm³/mol. The number of carbonyl (C=O) groups excluding carboxylic acids is 1. The molecule has 4 nitrogen and oxygen atoms in total. The summed E-state index contributed by atoms with van der Waals surface area (Å²) in [6.07, 6.45) is 1.76. The molecule has 1 heterocycles. The van der Waals surface area contributed by atoms with Gasteiger partial charge in [-0.3, -0.25) is 9.69 Å². The SMILES string of the molecule is Cc1cccc(OCCOc2ccc(Cl)cc2/C=C2/SC(=S)N(C)C2=O)c1. The summed E-state index contributed by atoms with van der Waals surface area (Å²) in [5.41, 5.74) is 1.87. The molecule has 1 aliphatic rings. The predicted octanol–water partition coefficient (Wildman–Crippen LogP) is 4.94. The number of carbonyl (C=O) groups is 1. The van der Waals surface area contributed by atoms with Crippen LogP contribution in [0.5, 0.6) is 11.5 Å². The number of nitrogens with zero attached hydrogens (tertiary/aromatic N) is 1. The van der Waals surface area contributed by atoms with Crippen molar-refractivity contribution in [1.29, 1.82) is 0 Å². The summed E-state index contributed by atoms with van der Waals surface area (Å²) in [5.74, 6) is 1.31. The van der Waals surface area contributed by atoms with Gasteiger partial charge in [0.15, 0.2) is 0 Å². The van der Waals surface area contributed by atoms with Gasteiger partial charge in [-0.25, -0.2) is 0 Å². The number of likely N-dealkylation sites (N-methyl/N-ethyl adjacent to an activating group) is 1. The molecular weight excluding hydrogens is 402 g/mol. The maximum absolute atomic E-state index is 12.2. The van der Waals surface area contributed by atoms with Crippen LogP contribution in [-0.4, -0.2) is 35.4 Å². The van der Waals surface area contributed by atoms with Gasteiger partial charge in [0.05, 0.1) is 4.91 Å². The molecule has 0 spiro atoms. The molecule has 1 fully saturated rings. The first kappa shape index (κ1) is 19.7. The first-order valence-electron chi connectivity index (χ1n) is 8.27. The molecule has 3 rings (SSSR count). The summed E-state index contributed by atoms with van der Waals surface area (Å²) in [6.45, 7) is 2.79. The first-order chi connectivity index (χ1) is 12.9. The number of ether oxygens (including phenoxy) is 2. The number of rotatable bonds is 6. The third-order valence-electron chi connectivity index (χ3n) is 3.84. The quantitative estimate of drug-likeness (QED) is 0.377. The van der Waals surface area contributed by atoms with Crippen molar-refractivity contribution in [2.45, 2.75) is 6.92 Å². The van der Waals surface area contributed by atoms with E-state index < -0.39 is 0 Å². The lowest BCUT2D eigenvalue weighted by molar-refractivity contribution is -0.121. The summed E-state index contributed by atoms with van der Waals surface area (Å²) < 4.78 is 12.1. The van der Waals surface area contributed by atoms with Gasteiger partial charge in [0.25, 0.3) is 5.91 Å². The van der Waals surface area contributed by atoms with Gasteiger partial charge in [-0.2, -0.15) is 0 Å². The van der Waals surface area contributed by atoms with E-state index in [4.69, 9.17) is 33.3 Å². The minimum atomic E-state index is -0.126. The monoisotopic (exact) mass is 419 g/mol. The summed E-state index contributed by atoms with van der Waals surface area (Å²) in [4.78, 5) is 14.2. The van der Waals surface area contributed by atoms with Crippen LogP contribution in [-0.2, 0) is 4.79 Å². The molecule has 0 unspecified atom stereocenters. The number of thioether (sulfide) groups is 1. The van der Waals surface area contributed by atoms with Crippen LogP contribution in [0.1, 0.15) is 11.1 Å². The molecule has 0 radical (unpaired) electrons. The van der Waals surface area contributed by atoms with Crippen LogP contribution in [0.4, 0.5) is 0 Å². The van der Waals surface area contributed by atoms with Gasteiger partial charge in [0.2, 0.25) is 0 Å². The van der Waals surface area contributed by atoms with Crippen LogP contribution in [0.15, 0.2) is 47.4 Å².